The second-order valence-corrected chi connectivity index (χ2v) is 6.62. The van der Waals surface area contributed by atoms with Crippen molar-refractivity contribution in [1.82, 2.24) is 0 Å². The summed E-state index contributed by atoms with van der Waals surface area (Å²) in [6, 6.07) is 11.2. The number of aryl methyl sites for hydroxylation is 1. The molecule has 0 spiro atoms. The number of phenolic OH excluding ortho intramolecular Hbond substituents is 1. The van der Waals surface area contributed by atoms with E-state index in [4.69, 9.17) is 16.3 Å². The molecular weight excluding hydrogens is 324 g/mol. The second kappa shape index (κ2) is 8.20. The van der Waals surface area contributed by atoms with E-state index in [0.717, 1.165) is 16.7 Å². The van der Waals surface area contributed by atoms with Crippen molar-refractivity contribution in [2.75, 3.05) is 12.5 Å². The first-order valence-electron chi connectivity index (χ1n) is 8.09. The van der Waals surface area contributed by atoms with Crippen molar-refractivity contribution in [2.24, 2.45) is 5.92 Å². The normalized spacial score (nSPS) is 10.9. The summed E-state index contributed by atoms with van der Waals surface area (Å²) in [6.07, 6.45) is 0.613. The highest BCUT2D eigenvalue weighted by Crippen LogP contribution is 2.37. The third-order valence-corrected chi connectivity index (χ3v) is 3.98. The van der Waals surface area contributed by atoms with E-state index < -0.39 is 5.97 Å². The van der Waals surface area contributed by atoms with E-state index in [9.17, 15) is 9.90 Å². The molecule has 3 nitrogen and oxygen atoms in total. The van der Waals surface area contributed by atoms with Gasteiger partial charge in [-0.15, -0.1) is 11.6 Å². The smallest absolute Gasteiger partial charge is 0.342 e. The van der Waals surface area contributed by atoms with Gasteiger partial charge in [-0.2, -0.15) is 0 Å². The maximum atomic E-state index is 12.6. The highest BCUT2D eigenvalue weighted by Gasteiger charge is 2.24. The summed E-state index contributed by atoms with van der Waals surface area (Å²) in [5.74, 6) is 0.102. The number of alkyl halides is 1. The van der Waals surface area contributed by atoms with Crippen LogP contribution in [0.5, 0.6) is 5.75 Å². The largest absolute Gasteiger partial charge is 0.507 e. The summed E-state index contributed by atoms with van der Waals surface area (Å²) in [7, 11) is 0. The average Bonchev–Trinajstić information content (AvgIpc) is 2.55. The molecule has 0 aliphatic carbocycles. The molecule has 0 radical (unpaired) electrons. The monoisotopic (exact) mass is 346 g/mol. The Morgan fingerprint density at radius 1 is 1.25 bits per heavy atom. The molecule has 0 fully saturated rings. The molecule has 1 N–H and O–H groups in total. The number of hydrogen-bond donors (Lipinski definition) is 1. The van der Waals surface area contributed by atoms with Crippen LogP contribution in [0.2, 0.25) is 0 Å². The van der Waals surface area contributed by atoms with E-state index in [0.29, 0.717) is 24.5 Å². The SMILES string of the molecule is Cc1cc(O)c(C(=O)OCC(C)C)c(-c2ccccc2)c1CCCl. The fraction of sp³-hybridized carbons (Fsp3) is 0.350. The molecule has 0 bridgehead atoms. The summed E-state index contributed by atoms with van der Waals surface area (Å²) in [5, 5.41) is 10.4. The Balaban J connectivity index is 2.64. The zero-order chi connectivity index (χ0) is 17.7. The Hall–Kier alpha value is -2.00. The summed E-state index contributed by atoms with van der Waals surface area (Å²) in [4.78, 5) is 12.6. The lowest BCUT2D eigenvalue weighted by Crippen LogP contribution is -2.13. The third kappa shape index (κ3) is 4.09. The Bertz CT molecular complexity index is 709. The number of carbonyl (C=O) groups excluding carboxylic acids is 1. The predicted octanol–water partition coefficient (Wildman–Crippen LogP) is 4.96. The van der Waals surface area contributed by atoms with Crippen LogP contribution in [0.3, 0.4) is 0 Å². The molecule has 0 aliphatic rings. The molecule has 0 aliphatic heterocycles. The highest BCUT2D eigenvalue weighted by molar-refractivity contribution is 6.18. The lowest BCUT2D eigenvalue weighted by Gasteiger charge is -2.18. The van der Waals surface area contributed by atoms with Crippen molar-refractivity contribution in [1.29, 1.82) is 0 Å². The average molecular weight is 347 g/mol. The summed E-state index contributed by atoms with van der Waals surface area (Å²) >= 11 is 5.96. The molecule has 0 heterocycles. The van der Waals surface area contributed by atoms with Gasteiger partial charge in [0.15, 0.2) is 0 Å². The molecule has 0 atom stereocenters. The van der Waals surface area contributed by atoms with E-state index in [1.165, 1.54) is 0 Å². The number of phenols is 1. The van der Waals surface area contributed by atoms with Crippen molar-refractivity contribution in [2.45, 2.75) is 27.2 Å². The number of carbonyl (C=O) groups is 1. The van der Waals surface area contributed by atoms with Gasteiger partial charge >= 0.3 is 5.97 Å². The van der Waals surface area contributed by atoms with Gasteiger partial charge in [-0.3, -0.25) is 0 Å². The van der Waals surface area contributed by atoms with Crippen LogP contribution >= 0.6 is 11.6 Å². The molecule has 0 aromatic heterocycles. The topological polar surface area (TPSA) is 46.5 Å². The minimum atomic E-state index is -0.504. The van der Waals surface area contributed by atoms with E-state index in [-0.39, 0.29) is 17.2 Å². The van der Waals surface area contributed by atoms with Crippen molar-refractivity contribution >= 4 is 17.6 Å². The van der Waals surface area contributed by atoms with Crippen LogP contribution in [0.4, 0.5) is 0 Å². The van der Waals surface area contributed by atoms with Gasteiger partial charge in [0.25, 0.3) is 0 Å². The zero-order valence-electron chi connectivity index (χ0n) is 14.3. The zero-order valence-corrected chi connectivity index (χ0v) is 15.1. The lowest BCUT2D eigenvalue weighted by molar-refractivity contribution is 0.0456. The maximum Gasteiger partial charge on any atom is 0.342 e. The number of hydrogen-bond acceptors (Lipinski definition) is 3. The second-order valence-electron chi connectivity index (χ2n) is 6.24. The quantitative estimate of drug-likeness (QED) is 0.594. The molecule has 2 aromatic rings. The molecule has 24 heavy (non-hydrogen) atoms. The maximum absolute atomic E-state index is 12.6. The van der Waals surface area contributed by atoms with Crippen molar-refractivity contribution < 1.29 is 14.6 Å². The molecule has 4 heteroatoms. The summed E-state index contributed by atoms with van der Waals surface area (Å²) < 4.78 is 5.37. The van der Waals surface area contributed by atoms with E-state index in [2.05, 4.69) is 0 Å². The standard InChI is InChI=1S/C20H23ClO3/c1-13(2)12-24-20(23)19-17(22)11-14(3)16(9-10-21)18(19)15-7-5-4-6-8-15/h4-8,11,13,22H,9-10,12H2,1-3H3. The first-order chi connectivity index (χ1) is 11.5. The van der Waals surface area contributed by atoms with E-state index in [1.54, 1.807) is 6.07 Å². The number of benzene rings is 2. The number of rotatable bonds is 6. The van der Waals surface area contributed by atoms with Gasteiger partial charge in [-0.05, 0) is 42.0 Å². The Morgan fingerprint density at radius 2 is 1.92 bits per heavy atom. The van der Waals surface area contributed by atoms with Gasteiger partial charge in [0.1, 0.15) is 11.3 Å². The number of esters is 1. The van der Waals surface area contributed by atoms with Gasteiger partial charge < -0.3 is 9.84 Å². The predicted molar refractivity (Wildman–Crippen MR) is 97.8 cm³/mol. The molecule has 2 aromatic carbocycles. The fourth-order valence-corrected chi connectivity index (χ4v) is 2.89. The third-order valence-electron chi connectivity index (χ3n) is 3.80. The minimum Gasteiger partial charge on any atom is -0.507 e. The summed E-state index contributed by atoms with van der Waals surface area (Å²) in [6.45, 7) is 6.17. The Morgan fingerprint density at radius 3 is 2.50 bits per heavy atom. The van der Waals surface area contributed by atoms with Crippen LogP contribution in [-0.2, 0) is 11.2 Å². The fourth-order valence-electron chi connectivity index (χ4n) is 2.70. The highest BCUT2D eigenvalue weighted by atomic mass is 35.5. The van der Waals surface area contributed by atoms with Crippen molar-refractivity contribution in [3.8, 4) is 16.9 Å². The molecule has 0 saturated heterocycles. The summed E-state index contributed by atoms with van der Waals surface area (Å²) in [5.41, 5.74) is 3.67. The van der Waals surface area contributed by atoms with Crippen molar-refractivity contribution in [3.63, 3.8) is 0 Å². The number of halogens is 1. The lowest BCUT2D eigenvalue weighted by atomic mass is 9.89. The van der Waals surface area contributed by atoms with Gasteiger partial charge in [0, 0.05) is 11.4 Å². The van der Waals surface area contributed by atoms with Crippen LogP contribution in [0.25, 0.3) is 11.1 Å². The Labute approximate surface area is 148 Å². The molecular formula is C20H23ClO3. The Kier molecular flexibility index (Phi) is 6.27. The van der Waals surface area contributed by atoms with Crippen LogP contribution in [0.15, 0.2) is 36.4 Å². The van der Waals surface area contributed by atoms with Gasteiger partial charge in [-0.1, -0.05) is 44.2 Å². The molecule has 0 saturated carbocycles. The minimum absolute atomic E-state index is 0.0570. The van der Waals surface area contributed by atoms with E-state index in [1.807, 2.05) is 51.1 Å². The van der Waals surface area contributed by atoms with Gasteiger partial charge in [-0.25, -0.2) is 4.79 Å². The van der Waals surface area contributed by atoms with E-state index >= 15 is 0 Å². The molecule has 0 unspecified atom stereocenters. The first-order valence-corrected chi connectivity index (χ1v) is 8.63. The van der Waals surface area contributed by atoms with Crippen LogP contribution < -0.4 is 0 Å². The van der Waals surface area contributed by atoms with Gasteiger partial charge in [0.05, 0.1) is 6.61 Å². The first kappa shape index (κ1) is 18.3. The van der Waals surface area contributed by atoms with Crippen molar-refractivity contribution in [3.05, 3.63) is 53.1 Å². The number of ether oxygens (including phenoxy) is 1. The van der Waals surface area contributed by atoms with Crippen LogP contribution in [0.1, 0.15) is 35.3 Å². The number of aromatic hydroxyl groups is 1. The van der Waals surface area contributed by atoms with Crippen LogP contribution in [0, 0.1) is 12.8 Å². The molecule has 2 rings (SSSR count). The van der Waals surface area contributed by atoms with Gasteiger partial charge in [0.2, 0.25) is 0 Å². The van der Waals surface area contributed by atoms with Crippen LogP contribution in [-0.4, -0.2) is 23.6 Å². The molecule has 128 valence electrons. The molecule has 0 amide bonds.